The third-order valence-corrected chi connectivity index (χ3v) is 8.84. The summed E-state index contributed by atoms with van der Waals surface area (Å²) in [5.74, 6) is 0.457. The molecule has 0 unspecified atom stereocenters. The van der Waals surface area contributed by atoms with Crippen molar-refractivity contribution in [2.75, 3.05) is 13.2 Å². The van der Waals surface area contributed by atoms with Gasteiger partial charge >= 0.3 is 0 Å². The first-order valence-electron chi connectivity index (χ1n) is 14.0. The molecule has 0 radical (unpaired) electrons. The second kappa shape index (κ2) is 15.2. The minimum atomic E-state index is -1.49. The van der Waals surface area contributed by atoms with Crippen LogP contribution in [0.25, 0.3) is 0 Å². The number of hydrogen-bond donors (Lipinski definition) is 3. The van der Waals surface area contributed by atoms with Gasteiger partial charge in [0.2, 0.25) is 5.90 Å². The van der Waals surface area contributed by atoms with Crippen molar-refractivity contribution < 1.29 is 19.4 Å². The molecule has 1 amide bonds. The lowest BCUT2D eigenvalue weighted by atomic mass is 9.82. The number of benzene rings is 4. The summed E-state index contributed by atoms with van der Waals surface area (Å²) in [5, 5.41) is 10.8. The molecule has 0 saturated heterocycles. The Hall–Kier alpha value is -2.82. The highest BCUT2D eigenvalue weighted by Crippen LogP contribution is 2.45. The smallest absolute Gasteiger partial charge is 0.266 e. The second-order valence-electron chi connectivity index (χ2n) is 10.3. The van der Waals surface area contributed by atoms with Crippen LogP contribution in [-0.4, -0.2) is 35.7 Å². The molecule has 7 nitrogen and oxygen atoms in total. The molecule has 0 aromatic heterocycles. The van der Waals surface area contributed by atoms with Crippen molar-refractivity contribution in [2.45, 2.75) is 31.0 Å². The summed E-state index contributed by atoms with van der Waals surface area (Å²) in [4.78, 5) is 19.4. The van der Waals surface area contributed by atoms with Crippen LogP contribution < -0.4 is 15.6 Å². The van der Waals surface area contributed by atoms with E-state index in [0.29, 0.717) is 50.0 Å². The Morgan fingerprint density at radius 3 is 2.29 bits per heavy atom. The van der Waals surface area contributed by atoms with Crippen molar-refractivity contribution in [2.24, 2.45) is 4.99 Å². The lowest BCUT2D eigenvalue weighted by Gasteiger charge is -2.31. The van der Waals surface area contributed by atoms with E-state index in [9.17, 15) is 4.79 Å². The molecule has 0 fully saturated rings. The van der Waals surface area contributed by atoms with Crippen molar-refractivity contribution in [3.63, 3.8) is 0 Å². The number of nitrogens with zero attached hydrogens (tertiary/aromatic N) is 1. The number of carbonyl (C=O) groups excluding carboxylic acids is 1. The molecular weight excluding hydrogens is 724 g/mol. The summed E-state index contributed by atoms with van der Waals surface area (Å²) >= 11 is 28.9. The van der Waals surface area contributed by atoms with Crippen LogP contribution in [0.1, 0.15) is 34.8 Å². The van der Waals surface area contributed by atoms with Crippen LogP contribution in [0.15, 0.2) is 94.4 Å². The first-order chi connectivity index (χ1) is 21.7. The summed E-state index contributed by atoms with van der Waals surface area (Å²) in [6.07, 6.45) is -0.208. The average molecular weight is 752 g/mol. The molecule has 4 aromatic carbocycles. The lowest BCUT2D eigenvalue weighted by molar-refractivity contribution is -0.130. The monoisotopic (exact) mass is 749 g/mol. The molecule has 0 spiro atoms. The molecule has 1 heterocycles. The van der Waals surface area contributed by atoms with Gasteiger partial charge in [-0.1, -0.05) is 86.6 Å². The van der Waals surface area contributed by atoms with Crippen molar-refractivity contribution in [1.29, 1.82) is 0 Å². The standard InChI is InChI=1S/C33H28BrCl4N3O4/c34-23-7-2-20(3-8-23)18-33(32(43)41-39-19-22-4-9-24(35)16-28(22)37)30(27-13-10-25(36)17-29(27)38)45-31(40-33)21-5-11-26(12-6-21)44-15-1-14-42/h2-13,16-17,30,39,42H,1,14-15,18-19H2,(H,41,43)/t30-,33-/m0/s1. The Bertz CT molecular complexity index is 1690. The van der Waals surface area contributed by atoms with Gasteiger partial charge in [0.25, 0.3) is 5.91 Å². The molecule has 0 bridgehead atoms. The number of carbonyl (C=O) groups is 1. The fourth-order valence-corrected chi connectivity index (χ4v) is 6.13. The van der Waals surface area contributed by atoms with Crippen molar-refractivity contribution in [3.8, 4) is 5.75 Å². The van der Waals surface area contributed by atoms with E-state index in [4.69, 9.17) is 66.0 Å². The van der Waals surface area contributed by atoms with Gasteiger partial charge in [-0.3, -0.25) is 10.2 Å². The number of halogens is 5. The number of nitrogens with one attached hydrogen (secondary N) is 2. The van der Waals surface area contributed by atoms with Crippen LogP contribution in [-0.2, 0) is 22.5 Å². The van der Waals surface area contributed by atoms with E-state index < -0.39 is 17.6 Å². The Balaban J connectivity index is 1.53. The highest BCUT2D eigenvalue weighted by Gasteiger charge is 2.54. The molecular formula is C33H28BrCl4N3O4. The van der Waals surface area contributed by atoms with E-state index in [1.165, 1.54) is 0 Å². The molecule has 45 heavy (non-hydrogen) atoms. The first kappa shape index (κ1) is 33.5. The first-order valence-corrected chi connectivity index (χ1v) is 16.3. The fourth-order valence-electron chi connectivity index (χ4n) is 4.88. The highest BCUT2D eigenvalue weighted by molar-refractivity contribution is 9.10. The summed E-state index contributed by atoms with van der Waals surface area (Å²) in [7, 11) is 0. The van der Waals surface area contributed by atoms with E-state index in [1.807, 2.05) is 36.4 Å². The summed E-state index contributed by atoms with van der Waals surface area (Å²) in [6, 6.07) is 25.1. The van der Waals surface area contributed by atoms with Gasteiger partial charge in [-0.05, 0) is 71.8 Å². The number of hydrogen-bond acceptors (Lipinski definition) is 6. The van der Waals surface area contributed by atoms with E-state index in [-0.39, 0.29) is 25.5 Å². The number of rotatable bonds is 12. The molecule has 12 heteroatoms. The predicted molar refractivity (Wildman–Crippen MR) is 182 cm³/mol. The third kappa shape index (κ3) is 8.13. The van der Waals surface area contributed by atoms with Gasteiger partial charge < -0.3 is 14.6 Å². The molecule has 234 valence electrons. The maximum Gasteiger partial charge on any atom is 0.266 e. The molecule has 1 aliphatic heterocycles. The SMILES string of the molecule is O=C(NNCc1ccc(Cl)cc1Cl)[C@@]1(Cc2ccc(Br)cc2)N=C(c2ccc(OCCCO)cc2)O[C@H]1c1ccc(Cl)cc1Cl. The number of amides is 1. The van der Waals surface area contributed by atoms with E-state index in [1.54, 1.807) is 48.5 Å². The number of aliphatic imine (C=N–C) groups is 1. The molecule has 4 aromatic rings. The number of hydrazine groups is 1. The molecule has 5 rings (SSSR count). The second-order valence-corrected chi connectivity index (χ2v) is 12.9. The van der Waals surface area contributed by atoms with Crippen LogP contribution in [0.3, 0.4) is 0 Å². The van der Waals surface area contributed by atoms with Crippen LogP contribution >= 0.6 is 62.3 Å². The highest BCUT2D eigenvalue weighted by atomic mass is 79.9. The molecule has 0 saturated carbocycles. The van der Waals surface area contributed by atoms with Crippen LogP contribution in [0.4, 0.5) is 0 Å². The normalized spacial score (nSPS) is 17.5. The van der Waals surface area contributed by atoms with Gasteiger partial charge in [0.15, 0.2) is 11.6 Å². The van der Waals surface area contributed by atoms with E-state index in [0.717, 1.165) is 15.6 Å². The van der Waals surface area contributed by atoms with Gasteiger partial charge in [0.05, 0.1) is 6.61 Å². The number of aliphatic hydroxyl groups excluding tert-OH is 1. The van der Waals surface area contributed by atoms with E-state index in [2.05, 4.69) is 26.8 Å². The number of ether oxygens (including phenoxy) is 2. The van der Waals surface area contributed by atoms with Crippen LogP contribution in [0.5, 0.6) is 5.75 Å². The molecule has 3 N–H and O–H groups in total. The van der Waals surface area contributed by atoms with Gasteiger partial charge in [-0.15, -0.1) is 0 Å². The molecule has 0 aliphatic carbocycles. The quantitative estimate of drug-likeness (QED) is 0.100. The van der Waals surface area contributed by atoms with Gasteiger partial charge in [0.1, 0.15) is 5.75 Å². The van der Waals surface area contributed by atoms with Crippen molar-refractivity contribution >= 4 is 74.1 Å². The number of aliphatic hydroxyl groups is 1. The van der Waals surface area contributed by atoms with Gasteiger partial charge in [-0.2, -0.15) is 0 Å². The van der Waals surface area contributed by atoms with Crippen LogP contribution in [0, 0.1) is 0 Å². The Kier molecular flexibility index (Phi) is 11.3. The Labute approximate surface area is 289 Å². The zero-order valence-corrected chi connectivity index (χ0v) is 28.3. The topological polar surface area (TPSA) is 92.2 Å². The van der Waals surface area contributed by atoms with Crippen molar-refractivity contribution in [1.82, 2.24) is 10.9 Å². The van der Waals surface area contributed by atoms with E-state index >= 15 is 0 Å². The maximum atomic E-state index is 14.4. The van der Waals surface area contributed by atoms with Gasteiger partial charge in [0, 0.05) is 61.7 Å². The Morgan fingerprint density at radius 2 is 1.62 bits per heavy atom. The summed E-state index contributed by atoms with van der Waals surface area (Å²) in [5.41, 5.74) is 7.14. The maximum absolute atomic E-state index is 14.4. The van der Waals surface area contributed by atoms with Crippen LogP contribution in [0.2, 0.25) is 20.1 Å². The zero-order valence-electron chi connectivity index (χ0n) is 23.7. The largest absolute Gasteiger partial charge is 0.494 e. The predicted octanol–water partition coefficient (Wildman–Crippen LogP) is 8.14. The minimum absolute atomic E-state index is 0.0431. The minimum Gasteiger partial charge on any atom is -0.494 e. The Morgan fingerprint density at radius 1 is 0.933 bits per heavy atom. The molecule has 1 aliphatic rings. The summed E-state index contributed by atoms with van der Waals surface area (Å²) in [6.45, 7) is 0.661. The van der Waals surface area contributed by atoms with Crippen molar-refractivity contribution in [3.05, 3.63) is 132 Å². The third-order valence-electron chi connectivity index (χ3n) is 7.16. The zero-order chi connectivity index (χ0) is 32.0. The fraction of sp³-hybridized carbons (Fsp3) is 0.212. The van der Waals surface area contributed by atoms with Gasteiger partial charge in [-0.25, -0.2) is 10.4 Å². The lowest BCUT2D eigenvalue weighted by Crippen LogP contribution is -2.53. The summed E-state index contributed by atoms with van der Waals surface area (Å²) < 4.78 is 13.1. The average Bonchev–Trinajstić information content (AvgIpc) is 3.40. The molecule has 2 atom stereocenters.